The average Bonchev–Trinajstić information content (AvgIpc) is 2.26. The maximum Gasteiger partial charge on any atom is 0.347 e. The van der Waals surface area contributed by atoms with Gasteiger partial charge >= 0.3 is 17.9 Å². The summed E-state index contributed by atoms with van der Waals surface area (Å²) in [5.74, 6) is -1.71. The lowest BCUT2D eigenvalue weighted by Crippen LogP contribution is -2.30. The van der Waals surface area contributed by atoms with Crippen LogP contribution in [0.15, 0.2) is 0 Å². The minimum absolute atomic E-state index is 0.147. The summed E-state index contributed by atoms with van der Waals surface area (Å²) in [6.07, 6.45) is -0.593. The highest BCUT2D eigenvalue weighted by Crippen LogP contribution is 2.15. The molecule has 0 aliphatic carbocycles. The Morgan fingerprint density at radius 3 is 2.12 bits per heavy atom. The van der Waals surface area contributed by atoms with Crippen LogP contribution in [0, 0.1) is 5.92 Å². The Morgan fingerprint density at radius 1 is 1.12 bits per heavy atom. The standard InChI is InChI=1S/C11H18O6/c1-7(6-10(13)15-3)5-9(11(14)16-4)17-8(2)12/h7,9H,5-6H2,1-4H3/t7-,9-/m0/s1. The van der Waals surface area contributed by atoms with E-state index in [4.69, 9.17) is 4.74 Å². The maximum atomic E-state index is 11.3. The van der Waals surface area contributed by atoms with Crippen LogP contribution in [0.2, 0.25) is 0 Å². The molecule has 0 fully saturated rings. The highest BCUT2D eigenvalue weighted by Gasteiger charge is 2.25. The Hall–Kier alpha value is -1.59. The molecule has 0 aromatic rings. The number of ether oxygens (including phenoxy) is 3. The van der Waals surface area contributed by atoms with Crippen molar-refractivity contribution in [2.75, 3.05) is 14.2 Å². The first-order chi connectivity index (χ1) is 7.90. The first-order valence-corrected chi connectivity index (χ1v) is 5.22. The van der Waals surface area contributed by atoms with Crippen LogP contribution in [0.3, 0.4) is 0 Å². The molecule has 0 N–H and O–H groups in total. The fourth-order valence-corrected chi connectivity index (χ4v) is 1.34. The number of hydrogen-bond acceptors (Lipinski definition) is 6. The molecular weight excluding hydrogens is 228 g/mol. The van der Waals surface area contributed by atoms with E-state index in [1.807, 2.05) is 0 Å². The third kappa shape index (κ3) is 6.55. The van der Waals surface area contributed by atoms with Gasteiger partial charge in [-0.1, -0.05) is 6.92 Å². The summed E-state index contributed by atoms with van der Waals surface area (Å²) >= 11 is 0. The number of rotatable bonds is 6. The smallest absolute Gasteiger partial charge is 0.347 e. The van der Waals surface area contributed by atoms with E-state index in [2.05, 4.69) is 9.47 Å². The molecule has 0 rings (SSSR count). The summed E-state index contributed by atoms with van der Waals surface area (Å²) < 4.78 is 13.8. The van der Waals surface area contributed by atoms with Gasteiger partial charge in [0.15, 0.2) is 6.10 Å². The fourth-order valence-electron chi connectivity index (χ4n) is 1.34. The summed E-state index contributed by atoms with van der Waals surface area (Å²) in [4.78, 5) is 33.2. The fraction of sp³-hybridized carbons (Fsp3) is 0.727. The van der Waals surface area contributed by atoms with Crippen molar-refractivity contribution in [1.82, 2.24) is 0 Å². The van der Waals surface area contributed by atoms with Gasteiger partial charge in [-0.3, -0.25) is 9.59 Å². The van der Waals surface area contributed by atoms with Crippen LogP contribution in [-0.4, -0.2) is 38.2 Å². The Kier molecular flexibility index (Phi) is 6.93. The normalized spacial score (nSPS) is 13.4. The summed E-state index contributed by atoms with van der Waals surface area (Å²) in [6.45, 7) is 2.97. The molecule has 17 heavy (non-hydrogen) atoms. The molecule has 0 aliphatic heterocycles. The lowest BCUT2D eigenvalue weighted by molar-refractivity contribution is -0.166. The second kappa shape index (κ2) is 7.65. The van der Waals surface area contributed by atoms with Gasteiger partial charge in [-0.2, -0.15) is 0 Å². The Labute approximate surface area is 100 Å². The Morgan fingerprint density at radius 2 is 1.71 bits per heavy atom. The van der Waals surface area contributed by atoms with Gasteiger partial charge in [-0.15, -0.1) is 0 Å². The van der Waals surface area contributed by atoms with Crippen LogP contribution < -0.4 is 0 Å². The van der Waals surface area contributed by atoms with Crippen molar-refractivity contribution >= 4 is 17.9 Å². The largest absolute Gasteiger partial charge is 0.469 e. The summed E-state index contributed by atoms with van der Waals surface area (Å²) in [5, 5.41) is 0. The molecular formula is C11H18O6. The molecule has 98 valence electrons. The summed E-state index contributed by atoms with van der Waals surface area (Å²) in [5.41, 5.74) is 0. The van der Waals surface area contributed by atoms with E-state index in [0.29, 0.717) is 0 Å². The Bertz CT molecular complexity index is 286. The monoisotopic (exact) mass is 246 g/mol. The zero-order chi connectivity index (χ0) is 13.4. The highest BCUT2D eigenvalue weighted by atomic mass is 16.6. The van der Waals surface area contributed by atoms with Crippen molar-refractivity contribution in [3.63, 3.8) is 0 Å². The van der Waals surface area contributed by atoms with E-state index in [1.165, 1.54) is 21.1 Å². The van der Waals surface area contributed by atoms with Gasteiger partial charge in [0.2, 0.25) is 0 Å². The molecule has 0 radical (unpaired) electrons. The minimum Gasteiger partial charge on any atom is -0.469 e. The zero-order valence-electron chi connectivity index (χ0n) is 10.5. The molecule has 0 aliphatic rings. The second-order valence-electron chi connectivity index (χ2n) is 3.74. The van der Waals surface area contributed by atoms with Gasteiger partial charge in [-0.05, 0) is 12.3 Å². The van der Waals surface area contributed by atoms with Crippen LogP contribution in [0.4, 0.5) is 0 Å². The molecule has 0 bridgehead atoms. The third-order valence-electron chi connectivity index (χ3n) is 2.13. The van der Waals surface area contributed by atoms with Gasteiger partial charge in [-0.25, -0.2) is 4.79 Å². The maximum absolute atomic E-state index is 11.3. The van der Waals surface area contributed by atoms with E-state index in [1.54, 1.807) is 6.92 Å². The van der Waals surface area contributed by atoms with Crippen molar-refractivity contribution in [3.8, 4) is 0 Å². The number of carbonyl (C=O) groups excluding carboxylic acids is 3. The van der Waals surface area contributed by atoms with Crippen LogP contribution in [0.25, 0.3) is 0 Å². The average molecular weight is 246 g/mol. The first-order valence-electron chi connectivity index (χ1n) is 5.22. The van der Waals surface area contributed by atoms with Gasteiger partial charge in [0.25, 0.3) is 0 Å². The lowest BCUT2D eigenvalue weighted by atomic mass is 10.00. The van der Waals surface area contributed by atoms with Crippen molar-refractivity contribution in [1.29, 1.82) is 0 Å². The Balaban J connectivity index is 4.36. The number of methoxy groups -OCH3 is 2. The third-order valence-corrected chi connectivity index (χ3v) is 2.13. The number of esters is 3. The quantitative estimate of drug-likeness (QED) is 0.506. The molecule has 2 atom stereocenters. The van der Waals surface area contributed by atoms with Gasteiger partial charge in [0.05, 0.1) is 14.2 Å². The zero-order valence-corrected chi connectivity index (χ0v) is 10.5. The lowest BCUT2D eigenvalue weighted by Gasteiger charge is -2.18. The molecule has 0 saturated heterocycles. The SMILES string of the molecule is COC(=O)C[C@@H](C)C[C@H](OC(C)=O)C(=O)OC. The van der Waals surface area contributed by atoms with E-state index >= 15 is 0 Å². The first kappa shape index (κ1) is 15.4. The molecule has 0 unspecified atom stereocenters. The van der Waals surface area contributed by atoms with Gasteiger partial charge in [0, 0.05) is 13.3 Å². The van der Waals surface area contributed by atoms with Crippen LogP contribution >= 0.6 is 0 Å². The van der Waals surface area contributed by atoms with Crippen LogP contribution in [0.1, 0.15) is 26.7 Å². The molecule has 0 spiro atoms. The molecule has 0 amide bonds. The molecule has 6 nitrogen and oxygen atoms in total. The van der Waals surface area contributed by atoms with Crippen LogP contribution in [0.5, 0.6) is 0 Å². The van der Waals surface area contributed by atoms with E-state index in [-0.39, 0.29) is 24.7 Å². The van der Waals surface area contributed by atoms with Crippen LogP contribution in [-0.2, 0) is 28.6 Å². The number of carbonyl (C=O) groups is 3. The molecule has 0 saturated carbocycles. The van der Waals surface area contributed by atoms with Crippen molar-refractivity contribution in [2.24, 2.45) is 5.92 Å². The predicted octanol–water partition coefficient (Wildman–Crippen LogP) is 0.680. The predicted molar refractivity (Wildman–Crippen MR) is 58.0 cm³/mol. The van der Waals surface area contributed by atoms with E-state index < -0.39 is 18.0 Å². The molecule has 6 heteroatoms. The molecule has 0 aromatic heterocycles. The van der Waals surface area contributed by atoms with Crippen molar-refractivity contribution in [2.45, 2.75) is 32.8 Å². The summed E-state index contributed by atoms with van der Waals surface area (Å²) in [6, 6.07) is 0. The van der Waals surface area contributed by atoms with E-state index in [9.17, 15) is 14.4 Å². The summed E-state index contributed by atoms with van der Waals surface area (Å²) in [7, 11) is 2.50. The van der Waals surface area contributed by atoms with Gasteiger partial charge in [0.1, 0.15) is 0 Å². The molecule has 0 aromatic carbocycles. The van der Waals surface area contributed by atoms with Gasteiger partial charge < -0.3 is 14.2 Å². The number of hydrogen-bond donors (Lipinski definition) is 0. The van der Waals surface area contributed by atoms with E-state index in [0.717, 1.165) is 0 Å². The second-order valence-corrected chi connectivity index (χ2v) is 3.74. The minimum atomic E-state index is -0.975. The topological polar surface area (TPSA) is 78.9 Å². The van der Waals surface area contributed by atoms with Crippen molar-refractivity contribution in [3.05, 3.63) is 0 Å². The highest BCUT2D eigenvalue weighted by molar-refractivity contribution is 5.78. The van der Waals surface area contributed by atoms with Crippen molar-refractivity contribution < 1.29 is 28.6 Å². The molecule has 0 heterocycles.